The molecule has 0 bridgehead atoms. The number of carbonyl (C=O) groups is 1. The molecule has 0 amide bonds. The number of para-hydroxylation sites is 1. The van der Waals surface area contributed by atoms with Crippen molar-refractivity contribution in [2.75, 3.05) is 7.11 Å². The first-order valence-corrected chi connectivity index (χ1v) is 6.33. The Morgan fingerprint density at radius 3 is 2.38 bits per heavy atom. The van der Waals surface area contributed by atoms with Gasteiger partial charge in [-0.1, -0.05) is 12.1 Å². The largest absolute Gasteiger partial charge is 0.505 e. The molecule has 3 aromatic rings. The van der Waals surface area contributed by atoms with E-state index >= 15 is 0 Å². The van der Waals surface area contributed by atoms with Crippen LogP contribution in [0.2, 0.25) is 0 Å². The van der Waals surface area contributed by atoms with Crippen LogP contribution in [0.3, 0.4) is 0 Å². The van der Waals surface area contributed by atoms with Crippen LogP contribution in [-0.4, -0.2) is 27.9 Å². The molecule has 2 N–H and O–H groups in total. The van der Waals surface area contributed by atoms with Crippen LogP contribution in [0.15, 0.2) is 48.5 Å². The van der Waals surface area contributed by atoms with Gasteiger partial charge in [0.05, 0.1) is 12.6 Å². The average Bonchev–Trinajstić information content (AvgIpc) is 2.81. The van der Waals surface area contributed by atoms with E-state index in [0.29, 0.717) is 22.3 Å². The summed E-state index contributed by atoms with van der Waals surface area (Å²) in [5.41, 5.74) is 1.13. The fourth-order valence-electron chi connectivity index (χ4n) is 2.42. The van der Waals surface area contributed by atoms with Gasteiger partial charge < -0.3 is 19.5 Å². The molecule has 0 unspecified atom stereocenters. The molecule has 0 atom stereocenters. The van der Waals surface area contributed by atoms with E-state index in [9.17, 15) is 15.0 Å². The lowest BCUT2D eigenvalue weighted by molar-refractivity contribution is 0.0685. The number of carboxylic acids is 1. The molecule has 0 saturated heterocycles. The number of aromatic carboxylic acids is 1. The van der Waals surface area contributed by atoms with Gasteiger partial charge in [-0.15, -0.1) is 0 Å². The maximum absolute atomic E-state index is 11.5. The summed E-state index contributed by atoms with van der Waals surface area (Å²) in [6.45, 7) is 0. The second kappa shape index (κ2) is 4.86. The molecular formula is C16H13NO4. The van der Waals surface area contributed by atoms with Gasteiger partial charge in [-0.05, 0) is 36.4 Å². The number of methoxy groups -OCH3 is 1. The Labute approximate surface area is 120 Å². The summed E-state index contributed by atoms with van der Waals surface area (Å²) < 4.78 is 6.62. The van der Waals surface area contributed by atoms with E-state index in [0.717, 1.165) is 0 Å². The SMILES string of the molecule is COc1ccc(-n2c(C(=O)O)c(O)c3ccccc32)cc1. The monoisotopic (exact) mass is 283 g/mol. The van der Waals surface area contributed by atoms with Crippen molar-refractivity contribution in [1.29, 1.82) is 0 Å². The first-order valence-electron chi connectivity index (χ1n) is 6.33. The Balaban J connectivity index is 2.34. The van der Waals surface area contributed by atoms with Crippen LogP contribution in [-0.2, 0) is 0 Å². The van der Waals surface area contributed by atoms with Crippen LogP contribution < -0.4 is 4.74 Å². The van der Waals surface area contributed by atoms with E-state index in [1.165, 1.54) is 4.57 Å². The van der Waals surface area contributed by atoms with Gasteiger partial charge in [-0.3, -0.25) is 0 Å². The number of hydrogen-bond acceptors (Lipinski definition) is 3. The Bertz CT molecular complexity index is 818. The summed E-state index contributed by atoms with van der Waals surface area (Å²) in [6.07, 6.45) is 0. The Morgan fingerprint density at radius 1 is 1.10 bits per heavy atom. The Kier molecular flexibility index (Phi) is 3.02. The lowest BCUT2D eigenvalue weighted by atomic mass is 10.2. The summed E-state index contributed by atoms with van der Waals surface area (Å²) in [5, 5.41) is 20.1. The molecule has 0 radical (unpaired) electrons. The van der Waals surface area contributed by atoms with E-state index in [2.05, 4.69) is 0 Å². The summed E-state index contributed by atoms with van der Waals surface area (Å²) in [5.74, 6) is -0.732. The molecule has 0 aliphatic carbocycles. The van der Waals surface area contributed by atoms with Crippen molar-refractivity contribution in [2.45, 2.75) is 0 Å². The van der Waals surface area contributed by atoms with Gasteiger partial charge in [0.2, 0.25) is 0 Å². The van der Waals surface area contributed by atoms with E-state index in [-0.39, 0.29) is 11.4 Å². The number of carboxylic acid groups (broad SMARTS) is 1. The summed E-state index contributed by atoms with van der Waals surface area (Å²) in [4.78, 5) is 11.5. The highest BCUT2D eigenvalue weighted by molar-refractivity contribution is 6.01. The molecule has 2 aromatic carbocycles. The predicted molar refractivity (Wildman–Crippen MR) is 78.5 cm³/mol. The Hall–Kier alpha value is -2.95. The van der Waals surface area contributed by atoms with Gasteiger partial charge in [-0.25, -0.2) is 4.79 Å². The predicted octanol–water partition coefficient (Wildman–Crippen LogP) is 3.04. The molecule has 0 saturated carbocycles. The van der Waals surface area contributed by atoms with E-state index in [4.69, 9.17) is 4.74 Å². The number of rotatable bonds is 3. The lowest BCUT2D eigenvalue weighted by Gasteiger charge is -2.09. The van der Waals surface area contributed by atoms with Crippen molar-refractivity contribution < 1.29 is 19.7 Å². The molecule has 1 aromatic heterocycles. The molecule has 5 nitrogen and oxygen atoms in total. The third-order valence-corrected chi connectivity index (χ3v) is 3.38. The number of fused-ring (bicyclic) bond motifs is 1. The van der Waals surface area contributed by atoms with Crippen LogP contribution in [0.5, 0.6) is 11.5 Å². The highest BCUT2D eigenvalue weighted by atomic mass is 16.5. The van der Waals surface area contributed by atoms with Crippen molar-refractivity contribution in [3.8, 4) is 17.2 Å². The minimum atomic E-state index is -1.18. The number of aromatic nitrogens is 1. The summed E-state index contributed by atoms with van der Waals surface area (Å²) in [7, 11) is 1.56. The van der Waals surface area contributed by atoms with Crippen LogP contribution in [0.25, 0.3) is 16.6 Å². The highest BCUT2D eigenvalue weighted by Crippen LogP contribution is 2.34. The van der Waals surface area contributed by atoms with Crippen LogP contribution in [0.4, 0.5) is 0 Å². The highest BCUT2D eigenvalue weighted by Gasteiger charge is 2.22. The number of ether oxygens (including phenoxy) is 1. The smallest absolute Gasteiger partial charge is 0.356 e. The molecule has 106 valence electrons. The topological polar surface area (TPSA) is 71.7 Å². The zero-order chi connectivity index (χ0) is 15.0. The van der Waals surface area contributed by atoms with E-state index in [1.807, 2.05) is 0 Å². The molecule has 0 fully saturated rings. The Morgan fingerprint density at radius 2 is 1.76 bits per heavy atom. The first-order chi connectivity index (χ1) is 10.1. The zero-order valence-corrected chi connectivity index (χ0v) is 11.3. The van der Waals surface area contributed by atoms with Gasteiger partial charge in [0, 0.05) is 11.1 Å². The molecule has 21 heavy (non-hydrogen) atoms. The van der Waals surface area contributed by atoms with Gasteiger partial charge in [-0.2, -0.15) is 0 Å². The van der Waals surface area contributed by atoms with Gasteiger partial charge in [0.25, 0.3) is 0 Å². The van der Waals surface area contributed by atoms with Crippen molar-refractivity contribution in [2.24, 2.45) is 0 Å². The number of aromatic hydroxyl groups is 1. The standard InChI is InChI=1S/C16H13NO4/c1-21-11-8-6-10(7-9-11)17-13-5-3-2-4-12(13)15(18)14(17)16(19)20/h2-9,18H,1H3,(H,19,20). The maximum Gasteiger partial charge on any atom is 0.356 e. The second-order valence-electron chi connectivity index (χ2n) is 4.55. The van der Waals surface area contributed by atoms with Crippen molar-refractivity contribution in [1.82, 2.24) is 4.57 Å². The van der Waals surface area contributed by atoms with Crippen LogP contribution in [0.1, 0.15) is 10.5 Å². The summed E-state index contributed by atoms with van der Waals surface area (Å²) >= 11 is 0. The van der Waals surface area contributed by atoms with E-state index in [1.54, 1.807) is 55.6 Å². The fourth-order valence-corrected chi connectivity index (χ4v) is 2.42. The molecule has 0 aliphatic heterocycles. The first kappa shape index (κ1) is 13.1. The normalized spacial score (nSPS) is 10.7. The molecule has 0 spiro atoms. The van der Waals surface area contributed by atoms with Crippen LogP contribution in [0, 0.1) is 0 Å². The molecule has 3 rings (SSSR count). The maximum atomic E-state index is 11.5. The van der Waals surface area contributed by atoms with Crippen molar-refractivity contribution in [3.05, 3.63) is 54.2 Å². The third kappa shape index (κ3) is 1.99. The minimum Gasteiger partial charge on any atom is -0.505 e. The van der Waals surface area contributed by atoms with Gasteiger partial charge >= 0.3 is 5.97 Å². The van der Waals surface area contributed by atoms with Gasteiger partial charge in [0.1, 0.15) is 5.75 Å². The number of hydrogen-bond donors (Lipinski definition) is 2. The lowest BCUT2D eigenvalue weighted by Crippen LogP contribution is -2.06. The minimum absolute atomic E-state index is 0.152. The van der Waals surface area contributed by atoms with Crippen molar-refractivity contribution >= 4 is 16.9 Å². The number of nitrogens with zero attached hydrogens (tertiary/aromatic N) is 1. The third-order valence-electron chi connectivity index (χ3n) is 3.38. The molecular weight excluding hydrogens is 270 g/mol. The summed E-state index contributed by atoms with van der Waals surface area (Å²) in [6, 6.07) is 14.0. The zero-order valence-electron chi connectivity index (χ0n) is 11.3. The molecule has 0 aliphatic rings. The van der Waals surface area contributed by atoms with E-state index < -0.39 is 5.97 Å². The van der Waals surface area contributed by atoms with Crippen LogP contribution >= 0.6 is 0 Å². The molecule has 1 heterocycles. The average molecular weight is 283 g/mol. The van der Waals surface area contributed by atoms with Gasteiger partial charge in [0.15, 0.2) is 11.4 Å². The second-order valence-corrected chi connectivity index (χ2v) is 4.55. The quantitative estimate of drug-likeness (QED) is 0.775. The molecule has 5 heteroatoms. The fraction of sp³-hybridized carbons (Fsp3) is 0.0625. The van der Waals surface area contributed by atoms with Crippen molar-refractivity contribution in [3.63, 3.8) is 0 Å². The number of benzene rings is 2.